The second-order valence-corrected chi connectivity index (χ2v) is 10.2. The largest absolute Gasteiger partial charge is 0.490 e. The lowest BCUT2D eigenvalue weighted by Crippen LogP contribution is -2.36. The van der Waals surface area contributed by atoms with Crippen molar-refractivity contribution in [2.24, 2.45) is 0 Å². The van der Waals surface area contributed by atoms with E-state index in [4.69, 9.17) is 9.47 Å². The van der Waals surface area contributed by atoms with E-state index in [2.05, 4.69) is 21.2 Å². The lowest BCUT2D eigenvalue weighted by molar-refractivity contribution is -0.127. The molecule has 0 radical (unpaired) electrons. The highest BCUT2D eigenvalue weighted by atomic mass is 79.9. The summed E-state index contributed by atoms with van der Waals surface area (Å²) >= 11 is 4.26. The molecule has 0 aliphatic carbocycles. The SMILES string of the molecule is CCOc1cc(/C=C2\SC(=O)N(CC(=O)Nc3ccc(F)cc3)C2=O)c(Br)cc1OCc1cccc(C)c1. The number of carbonyl (C=O) groups excluding carboxylic acids is 3. The first-order valence-corrected chi connectivity index (χ1v) is 13.3. The Morgan fingerprint density at radius 2 is 1.82 bits per heavy atom. The van der Waals surface area contributed by atoms with E-state index in [1.165, 1.54) is 24.3 Å². The summed E-state index contributed by atoms with van der Waals surface area (Å²) < 4.78 is 25.5. The van der Waals surface area contributed by atoms with Crippen LogP contribution in [0.25, 0.3) is 6.08 Å². The zero-order valence-corrected chi connectivity index (χ0v) is 23.0. The third kappa shape index (κ3) is 6.81. The molecule has 0 saturated carbocycles. The van der Waals surface area contributed by atoms with Crippen LogP contribution in [0.5, 0.6) is 11.5 Å². The molecule has 38 heavy (non-hydrogen) atoms. The van der Waals surface area contributed by atoms with Gasteiger partial charge in [-0.2, -0.15) is 0 Å². The number of imide groups is 1. The lowest BCUT2D eigenvalue weighted by atomic mass is 10.1. The van der Waals surface area contributed by atoms with Crippen LogP contribution >= 0.6 is 27.7 Å². The van der Waals surface area contributed by atoms with Gasteiger partial charge in [0.05, 0.1) is 11.5 Å². The number of aryl methyl sites for hydroxylation is 1. The maximum absolute atomic E-state index is 13.1. The summed E-state index contributed by atoms with van der Waals surface area (Å²) in [5.74, 6) is -0.576. The Hall–Kier alpha value is -3.63. The summed E-state index contributed by atoms with van der Waals surface area (Å²) in [6, 6.07) is 16.7. The summed E-state index contributed by atoms with van der Waals surface area (Å²) in [7, 11) is 0. The van der Waals surface area contributed by atoms with E-state index in [-0.39, 0.29) is 4.91 Å². The molecule has 3 amide bonds. The molecule has 1 aliphatic rings. The number of nitrogens with one attached hydrogen (secondary N) is 1. The Bertz CT molecular complexity index is 1410. The van der Waals surface area contributed by atoms with E-state index in [0.717, 1.165) is 27.8 Å². The number of hydrogen-bond donors (Lipinski definition) is 1. The van der Waals surface area contributed by atoms with Crippen LogP contribution in [-0.2, 0) is 16.2 Å². The molecule has 0 bridgehead atoms. The maximum atomic E-state index is 13.1. The highest BCUT2D eigenvalue weighted by Gasteiger charge is 2.36. The van der Waals surface area contributed by atoms with Crippen molar-refractivity contribution in [3.8, 4) is 11.5 Å². The molecule has 10 heteroatoms. The topological polar surface area (TPSA) is 84.9 Å². The van der Waals surface area contributed by atoms with Gasteiger partial charge in [0.15, 0.2) is 11.5 Å². The van der Waals surface area contributed by atoms with Crippen LogP contribution in [0.2, 0.25) is 0 Å². The first-order chi connectivity index (χ1) is 18.2. The average molecular weight is 599 g/mol. The van der Waals surface area contributed by atoms with Crippen molar-refractivity contribution in [3.63, 3.8) is 0 Å². The Morgan fingerprint density at radius 1 is 1.08 bits per heavy atom. The van der Waals surface area contributed by atoms with Crippen LogP contribution in [0, 0.1) is 12.7 Å². The first-order valence-electron chi connectivity index (χ1n) is 11.7. The second kappa shape index (κ2) is 12.3. The van der Waals surface area contributed by atoms with Gasteiger partial charge in [-0.25, -0.2) is 4.39 Å². The minimum absolute atomic E-state index is 0.168. The molecule has 0 spiro atoms. The fraction of sp³-hybridized carbons (Fsp3) is 0.179. The Balaban J connectivity index is 1.49. The normalized spacial score (nSPS) is 14.2. The molecule has 0 unspecified atom stereocenters. The molecule has 3 aromatic rings. The fourth-order valence-corrected chi connectivity index (χ4v) is 4.93. The summed E-state index contributed by atoms with van der Waals surface area (Å²) in [5, 5.41) is 1.99. The molecule has 3 aromatic carbocycles. The van der Waals surface area contributed by atoms with Crippen LogP contribution in [0.3, 0.4) is 0 Å². The van der Waals surface area contributed by atoms with Gasteiger partial charge in [-0.3, -0.25) is 19.3 Å². The lowest BCUT2D eigenvalue weighted by Gasteiger charge is -2.14. The van der Waals surface area contributed by atoms with Gasteiger partial charge >= 0.3 is 0 Å². The van der Waals surface area contributed by atoms with Crippen LogP contribution in [0.4, 0.5) is 14.9 Å². The third-order valence-corrected chi connectivity index (χ3v) is 7.02. The molecule has 1 N–H and O–H groups in total. The molecule has 4 rings (SSSR count). The molecule has 1 saturated heterocycles. The smallest absolute Gasteiger partial charge is 0.294 e. The molecule has 1 fully saturated rings. The Kier molecular flexibility index (Phi) is 8.85. The van der Waals surface area contributed by atoms with Gasteiger partial charge in [-0.1, -0.05) is 45.8 Å². The van der Waals surface area contributed by atoms with E-state index >= 15 is 0 Å². The number of ether oxygens (including phenoxy) is 2. The number of rotatable bonds is 9. The van der Waals surface area contributed by atoms with E-state index in [9.17, 15) is 18.8 Å². The number of nitrogens with zero attached hydrogens (tertiary/aromatic N) is 1. The van der Waals surface area contributed by atoms with Gasteiger partial charge in [0.2, 0.25) is 5.91 Å². The monoisotopic (exact) mass is 598 g/mol. The quantitative estimate of drug-likeness (QED) is 0.281. The third-order valence-electron chi connectivity index (χ3n) is 5.43. The predicted molar refractivity (Wildman–Crippen MR) is 149 cm³/mol. The Labute approximate surface area is 232 Å². The van der Waals surface area contributed by atoms with Crippen molar-refractivity contribution >= 4 is 56.5 Å². The molecular weight excluding hydrogens is 575 g/mol. The minimum Gasteiger partial charge on any atom is -0.490 e. The highest BCUT2D eigenvalue weighted by Crippen LogP contribution is 2.38. The zero-order valence-electron chi connectivity index (χ0n) is 20.6. The second-order valence-electron chi connectivity index (χ2n) is 8.35. The zero-order chi connectivity index (χ0) is 27.2. The van der Waals surface area contributed by atoms with Gasteiger partial charge in [-0.05, 0) is 79.2 Å². The molecule has 196 valence electrons. The van der Waals surface area contributed by atoms with E-state index < -0.39 is 29.4 Å². The number of amides is 3. The standard InChI is InChI=1S/C28H24BrFN2O5S/c1-3-36-23-12-19(22(29)14-24(23)37-16-18-6-4-5-17(2)11-18)13-25-27(34)32(28(35)38-25)15-26(33)31-21-9-7-20(30)8-10-21/h4-14H,3,15-16H2,1-2H3,(H,31,33)/b25-13-. The van der Waals surface area contributed by atoms with Crippen LogP contribution < -0.4 is 14.8 Å². The first kappa shape index (κ1) is 27.4. The Morgan fingerprint density at radius 3 is 2.53 bits per heavy atom. The van der Waals surface area contributed by atoms with Crippen molar-refractivity contribution in [1.82, 2.24) is 4.90 Å². The number of carbonyl (C=O) groups is 3. The summed E-state index contributed by atoms with van der Waals surface area (Å²) in [6.07, 6.45) is 1.57. The van der Waals surface area contributed by atoms with E-state index in [1.807, 2.05) is 38.1 Å². The summed E-state index contributed by atoms with van der Waals surface area (Å²) in [5.41, 5.74) is 3.12. The minimum atomic E-state index is -0.584. The van der Waals surface area contributed by atoms with Crippen molar-refractivity contribution in [2.75, 3.05) is 18.5 Å². The number of halogens is 2. The fourth-order valence-electron chi connectivity index (χ4n) is 3.66. The number of hydrogen-bond acceptors (Lipinski definition) is 6. The summed E-state index contributed by atoms with van der Waals surface area (Å²) in [6.45, 7) is 4.17. The predicted octanol–water partition coefficient (Wildman–Crippen LogP) is 6.55. The van der Waals surface area contributed by atoms with Crippen molar-refractivity contribution in [2.45, 2.75) is 20.5 Å². The molecule has 1 aliphatic heterocycles. The molecule has 0 aromatic heterocycles. The van der Waals surface area contributed by atoms with Crippen molar-refractivity contribution in [1.29, 1.82) is 0 Å². The van der Waals surface area contributed by atoms with Crippen LogP contribution in [0.1, 0.15) is 23.6 Å². The van der Waals surface area contributed by atoms with Crippen molar-refractivity contribution < 1.29 is 28.2 Å². The van der Waals surface area contributed by atoms with Crippen LogP contribution in [0.15, 0.2) is 70.0 Å². The van der Waals surface area contributed by atoms with E-state index in [0.29, 0.717) is 40.4 Å². The highest BCUT2D eigenvalue weighted by molar-refractivity contribution is 9.10. The van der Waals surface area contributed by atoms with Gasteiger partial charge in [0.1, 0.15) is 19.0 Å². The number of anilines is 1. The van der Waals surface area contributed by atoms with Gasteiger partial charge in [0.25, 0.3) is 11.1 Å². The maximum Gasteiger partial charge on any atom is 0.294 e. The van der Waals surface area contributed by atoms with Gasteiger partial charge in [-0.15, -0.1) is 0 Å². The number of thioether (sulfide) groups is 1. The molecule has 1 heterocycles. The van der Waals surface area contributed by atoms with Gasteiger partial charge in [0, 0.05) is 10.2 Å². The molecule has 0 atom stereocenters. The van der Waals surface area contributed by atoms with Crippen molar-refractivity contribution in [3.05, 3.63) is 92.5 Å². The molecular formula is C28H24BrFN2O5S. The number of benzene rings is 3. The van der Waals surface area contributed by atoms with Gasteiger partial charge < -0.3 is 14.8 Å². The molecule has 7 nitrogen and oxygen atoms in total. The van der Waals surface area contributed by atoms with E-state index in [1.54, 1.807) is 18.2 Å². The summed E-state index contributed by atoms with van der Waals surface area (Å²) in [4.78, 5) is 38.9. The van der Waals surface area contributed by atoms with Crippen LogP contribution in [-0.4, -0.2) is 35.1 Å². The average Bonchev–Trinajstić information content (AvgIpc) is 3.13.